The fraction of sp³-hybridized carbons (Fsp3) is 0.588. The third kappa shape index (κ3) is 4.68. The van der Waals surface area contributed by atoms with E-state index in [0.29, 0.717) is 12.1 Å². The van der Waals surface area contributed by atoms with E-state index in [2.05, 4.69) is 16.8 Å². The van der Waals surface area contributed by atoms with Crippen LogP contribution in [0.15, 0.2) is 18.3 Å². The van der Waals surface area contributed by atoms with Crippen molar-refractivity contribution in [2.24, 2.45) is 5.92 Å². The summed E-state index contributed by atoms with van der Waals surface area (Å²) in [6, 6.07) is 3.60. The Kier molecular flexibility index (Phi) is 5.96. The number of pyridine rings is 1. The molecule has 1 aliphatic heterocycles. The number of carboxylic acid groups (broad SMARTS) is 1. The van der Waals surface area contributed by atoms with Gasteiger partial charge >= 0.3 is 5.97 Å². The van der Waals surface area contributed by atoms with Crippen molar-refractivity contribution in [2.45, 2.75) is 33.1 Å². The summed E-state index contributed by atoms with van der Waals surface area (Å²) >= 11 is 0. The summed E-state index contributed by atoms with van der Waals surface area (Å²) in [5.74, 6) is 0.360. The van der Waals surface area contributed by atoms with Crippen molar-refractivity contribution in [3.63, 3.8) is 0 Å². The maximum atomic E-state index is 12.4. The first-order valence-corrected chi connectivity index (χ1v) is 8.23. The zero-order valence-corrected chi connectivity index (χ0v) is 13.9. The standard InChI is InChI=1S/C17H25N3O3/c1-3-8-20(12-16(21)22)17(23)14-4-5-15(18-11-14)19-9-6-13(2)7-10-19/h4-5,11,13H,3,6-10,12H2,1-2H3,(H,21,22). The molecule has 2 heterocycles. The van der Waals surface area contributed by atoms with E-state index in [9.17, 15) is 9.59 Å². The van der Waals surface area contributed by atoms with Gasteiger partial charge in [-0.3, -0.25) is 9.59 Å². The topological polar surface area (TPSA) is 73.7 Å². The molecule has 0 aromatic carbocycles. The Hall–Kier alpha value is -2.11. The molecule has 1 aromatic rings. The Morgan fingerprint density at radius 3 is 2.57 bits per heavy atom. The van der Waals surface area contributed by atoms with Crippen molar-refractivity contribution >= 4 is 17.7 Å². The van der Waals surface area contributed by atoms with Crippen molar-refractivity contribution in [1.82, 2.24) is 9.88 Å². The fourth-order valence-corrected chi connectivity index (χ4v) is 2.81. The summed E-state index contributed by atoms with van der Waals surface area (Å²) in [6.07, 6.45) is 4.59. The van der Waals surface area contributed by atoms with Crippen LogP contribution in [0.1, 0.15) is 43.5 Å². The Bertz CT molecular complexity index is 537. The van der Waals surface area contributed by atoms with Gasteiger partial charge in [0, 0.05) is 25.8 Å². The van der Waals surface area contributed by atoms with Gasteiger partial charge < -0.3 is 14.9 Å². The van der Waals surface area contributed by atoms with Gasteiger partial charge in [0.2, 0.25) is 0 Å². The highest BCUT2D eigenvalue weighted by molar-refractivity contribution is 5.95. The third-order valence-corrected chi connectivity index (χ3v) is 4.21. The quantitative estimate of drug-likeness (QED) is 0.870. The van der Waals surface area contributed by atoms with E-state index in [1.165, 1.54) is 4.90 Å². The number of carbonyl (C=O) groups is 2. The number of carbonyl (C=O) groups excluding carboxylic acids is 1. The van der Waals surface area contributed by atoms with Gasteiger partial charge in [-0.1, -0.05) is 13.8 Å². The minimum Gasteiger partial charge on any atom is -0.480 e. The SMILES string of the molecule is CCCN(CC(=O)O)C(=O)c1ccc(N2CCC(C)CC2)nc1. The Morgan fingerprint density at radius 1 is 1.35 bits per heavy atom. The monoisotopic (exact) mass is 319 g/mol. The molecular formula is C17H25N3O3. The lowest BCUT2D eigenvalue weighted by Gasteiger charge is -2.31. The number of nitrogens with zero attached hydrogens (tertiary/aromatic N) is 3. The van der Waals surface area contributed by atoms with E-state index in [4.69, 9.17) is 5.11 Å². The van der Waals surface area contributed by atoms with E-state index in [-0.39, 0.29) is 12.5 Å². The fourth-order valence-electron chi connectivity index (χ4n) is 2.81. The minimum absolute atomic E-state index is 0.277. The van der Waals surface area contributed by atoms with Crippen LogP contribution in [0.2, 0.25) is 0 Å². The molecule has 0 spiro atoms. The van der Waals surface area contributed by atoms with Gasteiger partial charge in [0.1, 0.15) is 12.4 Å². The van der Waals surface area contributed by atoms with Crippen molar-refractivity contribution in [3.05, 3.63) is 23.9 Å². The maximum absolute atomic E-state index is 12.4. The van der Waals surface area contributed by atoms with Crippen LogP contribution in [-0.2, 0) is 4.79 Å². The summed E-state index contributed by atoms with van der Waals surface area (Å²) < 4.78 is 0. The lowest BCUT2D eigenvalue weighted by molar-refractivity contribution is -0.137. The maximum Gasteiger partial charge on any atom is 0.323 e. The number of aromatic nitrogens is 1. The predicted octanol–water partition coefficient (Wildman–Crippen LogP) is 2.25. The first kappa shape index (κ1) is 17.2. The zero-order valence-electron chi connectivity index (χ0n) is 13.9. The number of rotatable bonds is 6. The largest absolute Gasteiger partial charge is 0.480 e. The average molecular weight is 319 g/mol. The van der Waals surface area contributed by atoms with Gasteiger partial charge in [0.25, 0.3) is 5.91 Å². The Balaban J connectivity index is 2.05. The second-order valence-electron chi connectivity index (χ2n) is 6.20. The van der Waals surface area contributed by atoms with Gasteiger partial charge in [-0.15, -0.1) is 0 Å². The number of amides is 1. The normalized spacial score (nSPS) is 15.5. The molecule has 6 heteroatoms. The molecule has 2 rings (SSSR count). The molecular weight excluding hydrogens is 294 g/mol. The van der Waals surface area contributed by atoms with Gasteiger partial charge in [0.15, 0.2) is 0 Å². The highest BCUT2D eigenvalue weighted by atomic mass is 16.4. The summed E-state index contributed by atoms with van der Waals surface area (Å²) in [4.78, 5) is 31.3. The molecule has 23 heavy (non-hydrogen) atoms. The number of anilines is 1. The highest BCUT2D eigenvalue weighted by Crippen LogP contribution is 2.21. The van der Waals surface area contributed by atoms with Crippen molar-refractivity contribution < 1.29 is 14.7 Å². The van der Waals surface area contributed by atoms with Crippen LogP contribution < -0.4 is 4.90 Å². The van der Waals surface area contributed by atoms with Crippen LogP contribution in [0, 0.1) is 5.92 Å². The Labute approximate surface area is 137 Å². The minimum atomic E-state index is -1.00. The summed E-state index contributed by atoms with van der Waals surface area (Å²) in [5.41, 5.74) is 0.439. The number of carboxylic acids is 1. The van der Waals surface area contributed by atoms with Crippen molar-refractivity contribution in [1.29, 1.82) is 0 Å². The van der Waals surface area contributed by atoms with Crippen LogP contribution >= 0.6 is 0 Å². The van der Waals surface area contributed by atoms with Gasteiger partial charge in [0.05, 0.1) is 5.56 Å². The molecule has 1 aliphatic rings. The van der Waals surface area contributed by atoms with Crippen LogP contribution in [0.5, 0.6) is 0 Å². The predicted molar refractivity (Wildman–Crippen MR) is 88.7 cm³/mol. The van der Waals surface area contributed by atoms with E-state index in [1.54, 1.807) is 12.3 Å². The number of hydrogen-bond acceptors (Lipinski definition) is 4. The van der Waals surface area contributed by atoms with Gasteiger partial charge in [-0.25, -0.2) is 4.98 Å². The summed E-state index contributed by atoms with van der Waals surface area (Å²) in [5, 5.41) is 8.93. The van der Waals surface area contributed by atoms with E-state index >= 15 is 0 Å². The van der Waals surface area contributed by atoms with E-state index < -0.39 is 5.97 Å². The lowest BCUT2D eigenvalue weighted by Crippen LogP contribution is -2.36. The van der Waals surface area contributed by atoms with Crippen molar-refractivity contribution in [2.75, 3.05) is 31.1 Å². The average Bonchev–Trinajstić information content (AvgIpc) is 2.54. The zero-order chi connectivity index (χ0) is 16.8. The molecule has 0 unspecified atom stereocenters. The van der Waals surface area contributed by atoms with E-state index in [1.807, 2.05) is 13.0 Å². The second-order valence-corrected chi connectivity index (χ2v) is 6.20. The van der Waals surface area contributed by atoms with E-state index in [0.717, 1.165) is 44.1 Å². The van der Waals surface area contributed by atoms with Crippen LogP contribution in [-0.4, -0.2) is 53.0 Å². The van der Waals surface area contributed by atoms with Crippen LogP contribution in [0.4, 0.5) is 5.82 Å². The second kappa shape index (κ2) is 7.94. The molecule has 0 bridgehead atoms. The first-order chi connectivity index (χ1) is 11.0. The van der Waals surface area contributed by atoms with Crippen LogP contribution in [0.25, 0.3) is 0 Å². The number of hydrogen-bond donors (Lipinski definition) is 1. The number of piperidine rings is 1. The van der Waals surface area contributed by atoms with Gasteiger partial charge in [-0.05, 0) is 37.3 Å². The molecule has 126 valence electrons. The van der Waals surface area contributed by atoms with Gasteiger partial charge in [-0.2, -0.15) is 0 Å². The molecule has 0 saturated carbocycles. The number of aliphatic carboxylic acids is 1. The molecule has 1 fully saturated rings. The smallest absolute Gasteiger partial charge is 0.323 e. The highest BCUT2D eigenvalue weighted by Gasteiger charge is 2.20. The molecule has 0 radical (unpaired) electrons. The molecule has 1 amide bonds. The third-order valence-electron chi connectivity index (χ3n) is 4.21. The Morgan fingerprint density at radius 2 is 2.04 bits per heavy atom. The molecule has 0 aliphatic carbocycles. The summed E-state index contributed by atoms with van der Waals surface area (Å²) in [6.45, 7) is 6.30. The molecule has 1 N–H and O–H groups in total. The molecule has 0 atom stereocenters. The molecule has 6 nitrogen and oxygen atoms in total. The van der Waals surface area contributed by atoms with Crippen LogP contribution in [0.3, 0.4) is 0 Å². The lowest BCUT2D eigenvalue weighted by atomic mass is 9.99. The first-order valence-electron chi connectivity index (χ1n) is 8.23. The summed E-state index contributed by atoms with van der Waals surface area (Å²) in [7, 11) is 0. The molecule has 1 aromatic heterocycles. The molecule has 1 saturated heterocycles. The van der Waals surface area contributed by atoms with Crippen molar-refractivity contribution in [3.8, 4) is 0 Å².